The van der Waals surface area contributed by atoms with Crippen molar-refractivity contribution in [3.8, 4) is 0 Å². The van der Waals surface area contributed by atoms with E-state index in [1.165, 1.54) is 21.3 Å². The molecule has 0 fully saturated rings. The highest BCUT2D eigenvalue weighted by Gasteiger charge is 2.35. The molecule has 0 aromatic heterocycles. The molecule has 4 aromatic carbocycles. The van der Waals surface area contributed by atoms with Crippen molar-refractivity contribution in [3.05, 3.63) is 130 Å². The summed E-state index contributed by atoms with van der Waals surface area (Å²) in [4.78, 5) is 29.6. The zero-order valence-corrected chi connectivity index (χ0v) is 26.7. The number of carbonyl (C=O) groups is 2. The van der Waals surface area contributed by atoms with Gasteiger partial charge in [-0.2, -0.15) is 0 Å². The van der Waals surface area contributed by atoms with Gasteiger partial charge >= 0.3 is 0 Å². The zero-order chi connectivity index (χ0) is 30.8. The summed E-state index contributed by atoms with van der Waals surface area (Å²) in [6.45, 7) is 3.79. The monoisotopic (exact) mass is 661 g/mol. The van der Waals surface area contributed by atoms with E-state index >= 15 is 0 Å². The summed E-state index contributed by atoms with van der Waals surface area (Å²) in [5.74, 6) is -0.793. The molecule has 0 heterocycles. The van der Waals surface area contributed by atoms with Gasteiger partial charge in [-0.05, 0) is 60.4 Å². The lowest BCUT2D eigenvalue weighted by Crippen LogP contribution is -2.53. The molecule has 4 rings (SSSR count). The standard InChI is InChI=1S/C34H36BrN3O4S/c1-3-28-17-11-12-21-31(28)38(43(41,42)30-19-9-6-10-20-30)25-33(39)37(24-27-16-13-18-29(35)22-27)32(34(40)36-4-2)23-26-14-7-5-8-15-26/h5-22,32H,3-4,23-25H2,1-2H3,(H,36,40)/t32-/m1/s1. The van der Waals surface area contributed by atoms with Gasteiger partial charge in [0.05, 0.1) is 10.6 Å². The first-order chi connectivity index (χ1) is 20.7. The predicted octanol–water partition coefficient (Wildman–Crippen LogP) is 5.98. The number of carbonyl (C=O) groups excluding carboxylic acids is 2. The van der Waals surface area contributed by atoms with Gasteiger partial charge in [-0.3, -0.25) is 13.9 Å². The van der Waals surface area contributed by atoms with E-state index in [1.54, 1.807) is 30.3 Å². The van der Waals surface area contributed by atoms with Crippen LogP contribution in [0, 0.1) is 0 Å². The van der Waals surface area contributed by atoms with Crippen LogP contribution in [0.15, 0.2) is 119 Å². The van der Waals surface area contributed by atoms with Crippen LogP contribution in [-0.2, 0) is 39.0 Å². The minimum absolute atomic E-state index is 0.0804. The van der Waals surface area contributed by atoms with E-state index in [2.05, 4.69) is 21.2 Å². The molecule has 0 radical (unpaired) electrons. The van der Waals surface area contributed by atoms with Crippen LogP contribution in [0.5, 0.6) is 0 Å². The molecule has 0 unspecified atom stereocenters. The van der Waals surface area contributed by atoms with Crippen molar-refractivity contribution in [2.75, 3.05) is 17.4 Å². The van der Waals surface area contributed by atoms with Crippen LogP contribution in [0.3, 0.4) is 0 Å². The van der Waals surface area contributed by atoms with Crippen LogP contribution in [0.25, 0.3) is 0 Å². The smallest absolute Gasteiger partial charge is 0.264 e. The largest absolute Gasteiger partial charge is 0.355 e. The van der Waals surface area contributed by atoms with Gasteiger partial charge in [0, 0.05) is 24.0 Å². The number of hydrogen-bond acceptors (Lipinski definition) is 4. The van der Waals surface area contributed by atoms with Crippen molar-refractivity contribution in [2.24, 2.45) is 0 Å². The number of halogens is 1. The Kier molecular flexibility index (Phi) is 11.1. The first-order valence-corrected chi connectivity index (χ1v) is 16.5. The van der Waals surface area contributed by atoms with Gasteiger partial charge in [0.15, 0.2) is 0 Å². The second-order valence-corrected chi connectivity index (χ2v) is 12.8. The second kappa shape index (κ2) is 15.0. The summed E-state index contributed by atoms with van der Waals surface area (Å²) < 4.78 is 30.3. The Hall–Kier alpha value is -3.95. The summed E-state index contributed by atoms with van der Waals surface area (Å²) in [5.41, 5.74) is 2.91. The molecule has 43 heavy (non-hydrogen) atoms. The third kappa shape index (κ3) is 8.12. The second-order valence-electron chi connectivity index (χ2n) is 10.1. The van der Waals surface area contributed by atoms with Crippen LogP contribution in [0.1, 0.15) is 30.5 Å². The highest BCUT2D eigenvalue weighted by molar-refractivity contribution is 9.10. The Balaban J connectivity index is 1.82. The molecule has 2 amide bonds. The number of aryl methyl sites for hydroxylation is 1. The molecule has 0 bridgehead atoms. The van der Waals surface area contributed by atoms with Crippen LogP contribution < -0.4 is 9.62 Å². The normalized spacial score (nSPS) is 11.9. The van der Waals surface area contributed by atoms with Gasteiger partial charge in [0.25, 0.3) is 10.0 Å². The van der Waals surface area contributed by atoms with Crippen molar-refractivity contribution < 1.29 is 18.0 Å². The number of amides is 2. The van der Waals surface area contributed by atoms with Gasteiger partial charge in [0.2, 0.25) is 11.8 Å². The van der Waals surface area contributed by atoms with Gasteiger partial charge < -0.3 is 10.2 Å². The fraction of sp³-hybridized carbons (Fsp3) is 0.235. The number of nitrogens with zero attached hydrogens (tertiary/aromatic N) is 2. The van der Waals surface area contributed by atoms with Crippen molar-refractivity contribution in [2.45, 2.75) is 44.2 Å². The van der Waals surface area contributed by atoms with E-state index in [0.29, 0.717) is 18.7 Å². The van der Waals surface area contributed by atoms with Crippen LogP contribution in [-0.4, -0.2) is 44.3 Å². The molecule has 9 heteroatoms. The summed E-state index contributed by atoms with van der Waals surface area (Å²) >= 11 is 3.50. The Morgan fingerprint density at radius 3 is 2.09 bits per heavy atom. The van der Waals surface area contributed by atoms with Gasteiger partial charge in [0.1, 0.15) is 12.6 Å². The summed E-state index contributed by atoms with van der Waals surface area (Å²) in [5, 5.41) is 2.88. The predicted molar refractivity (Wildman–Crippen MR) is 174 cm³/mol. The van der Waals surface area contributed by atoms with E-state index < -0.39 is 28.5 Å². The first-order valence-electron chi connectivity index (χ1n) is 14.3. The Morgan fingerprint density at radius 2 is 1.44 bits per heavy atom. The van der Waals surface area contributed by atoms with Crippen LogP contribution in [0.4, 0.5) is 5.69 Å². The molecule has 1 N–H and O–H groups in total. The third-order valence-electron chi connectivity index (χ3n) is 7.12. The van der Waals surface area contributed by atoms with Crippen LogP contribution in [0.2, 0.25) is 0 Å². The fourth-order valence-corrected chi connectivity index (χ4v) is 6.88. The van der Waals surface area contributed by atoms with E-state index in [4.69, 9.17) is 0 Å². The lowest BCUT2D eigenvalue weighted by atomic mass is 10.0. The number of anilines is 1. The number of para-hydroxylation sites is 1. The first kappa shape index (κ1) is 32.0. The third-order valence-corrected chi connectivity index (χ3v) is 9.38. The van der Waals surface area contributed by atoms with E-state index in [-0.39, 0.29) is 23.8 Å². The fourth-order valence-electron chi connectivity index (χ4n) is 4.96. The Bertz CT molecular complexity index is 1630. The molecule has 0 aliphatic rings. The maximum Gasteiger partial charge on any atom is 0.264 e. The number of hydrogen-bond donors (Lipinski definition) is 1. The van der Waals surface area contributed by atoms with Crippen LogP contribution >= 0.6 is 15.9 Å². The Labute approximate surface area is 262 Å². The van der Waals surface area contributed by atoms with Crippen molar-refractivity contribution in [1.82, 2.24) is 10.2 Å². The molecule has 0 aliphatic carbocycles. The SMILES string of the molecule is CCNC(=O)[C@@H](Cc1ccccc1)N(Cc1cccc(Br)c1)C(=O)CN(c1ccccc1CC)S(=O)(=O)c1ccccc1. The quantitative estimate of drug-likeness (QED) is 0.191. The molecule has 0 spiro atoms. The zero-order valence-electron chi connectivity index (χ0n) is 24.3. The minimum atomic E-state index is -4.13. The average molecular weight is 663 g/mol. The topological polar surface area (TPSA) is 86.8 Å². The van der Waals surface area contributed by atoms with Crippen molar-refractivity contribution >= 4 is 43.5 Å². The number of benzene rings is 4. The molecule has 0 aliphatic heterocycles. The maximum absolute atomic E-state index is 14.5. The Morgan fingerprint density at radius 1 is 0.814 bits per heavy atom. The van der Waals surface area contributed by atoms with Crippen molar-refractivity contribution in [3.63, 3.8) is 0 Å². The molecule has 0 saturated heterocycles. The number of rotatable bonds is 13. The molecule has 7 nitrogen and oxygen atoms in total. The molecule has 4 aromatic rings. The maximum atomic E-state index is 14.5. The highest BCUT2D eigenvalue weighted by Crippen LogP contribution is 2.28. The highest BCUT2D eigenvalue weighted by atomic mass is 79.9. The van der Waals surface area contributed by atoms with Gasteiger partial charge in [-0.1, -0.05) is 102 Å². The molecular formula is C34H36BrN3O4S. The van der Waals surface area contributed by atoms with Gasteiger partial charge in [-0.25, -0.2) is 8.42 Å². The minimum Gasteiger partial charge on any atom is -0.355 e. The number of likely N-dealkylation sites (N-methyl/N-ethyl adjacent to an activating group) is 1. The van der Waals surface area contributed by atoms with E-state index in [1.807, 2.05) is 80.6 Å². The molecule has 0 saturated carbocycles. The lowest BCUT2D eigenvalue weighted by molar-refractivity contribution is -0.140. The molecular weight excluding hydrogens is 626 g/mol. The van der Waals surface area contributed by atoms with E-state index in [0.717, 1.165) is 21.2 Å². The van der Waals surface area contributed by atoms with E-state index in [9.17, 15) is 18.0 Å². The summed E-state index contributed by atoms with van der Waals surface area (Å²) in [6.07, 6.45) is 0.839. The van der Waals surface area contributed by atoms with Crippen molar-refractivity contribution in [1.29, 1.82) is 0 Å². The lowest BCUT2D eigenvalue weighted by Gasteiger charge is -2.34. The average Bonchev–Trinajstić information content (AvgIpc) is 3.02. The summed E-state index contributed by atoms with van der Waals surface area (Å²) in [6, 6.07) is 31.4. The number of nitrogens with one attached hydrogen (secondary N) is 1. The summed E-state index contributed by atoms with van der Waals surface area (Å²) in [7, 11) is -4.13. The van der Waals surface area contributed by atoms with Gasteiger partial charge in [-0.15, -0.1) is 0 Å². The number of sulfonamides is 1. The molecule has 1 atom stereocenters. The molecule has 224 valence electrons.